The SMILES string of the molecule is Nc1nc(-c2cncs2)c2nnn(Cc3cccc([N+](=O)[O-])c3)c2n1. The predicted molar refractivity (Wildman–Crippen MR) is 90.8 cm³/mol. The van der Waals surface area contributed by atoms with Crippen molar-refractivity contribution in [3.8, 4) is 10.6 Å². The summed E-state index contributed by atoms with van der Waals surface area (Å²) in [6.45, 7) is 0.275. The number of non-ortho nitro benzene ring substituents is 1. The summed E-state index contributed by atoms with van der Waals surface area (Å²) in [5.74, 6) is 0.0958. The number of rotatable bonds is 4. The number of nitro benzene ring substituents is 1. The lowest BCUT2D eigenvalue weighted by Gasteiger charge is -2.04. The van der Waals surface area contributed by atoms with Crippen molar-refractivity contribution in [2.45, 2.75) is 6.54 Å². The molecule has 0 atom stereocenters. The van der Waals surface area contributed by atoms with E-state index < -0.39 is 4.92 Å². The molecule has 0 amide bonds. The van der Waals surface area contributed by atoms with Crippen LogP contribution in [0.4, 0.5) is 11.6 Å². The van der Waals surface area contributed by atoms with Gasteiger partial charge >= 0.3 is 0 Å². The van der Waals surface area contributed by atoms with E-state index in [-0.39, 0.29) is 18.2 Å². The Balaban J connectivity index is 1.79. The zero-order chi connectivity index (χ0) is 17.4. The molecule has 0 bridgehead atoms. The van der Waals surface area contributed by atoms with E-state index in [9.17, 15) is 10.1 Å². The zero-order valence-electron chi connectivity index (χ0n) is 12.6. The number of nitrogen functional groups attached to an aromatic ring is 1. The Morgan fingerprint density at radius 2 is 2.20 bits per heavy atom. The number of nitro groups is 1. The van der Waals surface area contributed by atoms with Crippen LogP contribution < -0.4 is 5.73 Å². The summed E-state index contributed by atoms with van der Waals surface area (Å²) in [7, 11) is 0. The molecule has 11 heteroatoms. The highest BCUT2D eigenvalue weighted by Gasteiger charge is 2.17. The normalized spacial score (nSPS) is 11.0. The molecule has 0 aliphatic heterocycles. The number of aromatic nitrogens is 6. The van der Waals surface area contributed by atoms with E-state index in [0.29, 0.717) is 22.4 Å². The average molecular weight is 354 g/mol. The summed E-state index contributed by atoms with van der Waals surface area (Å²) in [6.07, 6.45) is 1.67. The summed E-state index contributed by atoms with van der Waals surface area (Å²) >= 11 is 1.41. The lowest BCUT2D eigenvalue weighted by Crippen LogP contribution is -2.05. The molecule has 124 valence electrons. The fourth-order valence-corrected chi connectivity index (χ4v) is 3.04. The highest BCUT2D eigenvalue weighted by molar-refractivity contribution is 7.13. The van der Waals surface area contributed by atoms with Gasteiger partial charge in [-0.2, -0.15) is 4.98 Å². The van der Waals surface area contributed by atoms with Crippen molar-refractivity contribution in [1.29, 1.82) is 0 Å². The van der Waals surface area contributed by atoms with Gasteiger partial charge in [0.25, 0.3) is 5.69 Å². The first-order valence-corrected chi connectivity index (χ1v) is 7.98. The minimum absolute atomic E-state index is 0.0152. The van der Waals surface area contributed by atoms with Crippen LogP contribution in [0.2, 0.25) is 0 Å². The summed E-state index contributed by atoms with van der Waals surface area (Å²) in [5, 5.41) is 19.2. The molecule has 3 heterocycles. The summed E-state index contributed by atoms with van der Waals surface area (Å²) in [4.78, 5) is 23.8. The van der Waals surface area contributed by atoms with Crippen LogP contribution in [0, 0.1) is 10.1 Å². The maximum atomic E-state index is 10.9. The van der Waals surface area contributed by atoms with Gasteiger partial charge in [-0.05, 0) is 5.56 Å². The van der Waals surface area contributed by atoms with Crippen LogP contribution in [-0.2, 0) is 6.54 Å². The first kappa shape index (κ1) is 15.1. The zero-order valence-corrected chi connectivity index (χ0v) is 13.4. The van der Waals surface area contributed by atoms with Gasteiger partial charge in [-0.3, -0.25) is 15.1 Å². The van der Waals surface area contributed by atoms with E-state index in [4.69, 9.17) is 5.73 Å². The molecule has 0 aliphatic rings. The quantitative estimate of drug-likeness (QED) is 0.433. The van der Waals surface area contributed by atoms with Gasteiger partial charge in [0.2, 0.25) is 5.95 Å². The largest absolute Gasteiger partial charge is 0.368 e. The number of thiazole rings is 1. The van der Waals surface area contributed by atoms with Crippen molar-refractivity contribution in [2.75, 3.05) is 5.73 Å². The molecule has 10 nitrogen and oxygen atoms in total. The van der Waals surface area contributed by atoms with Gasteiger partial charge in [0, 0.05) is 18.3 Å². The minimum Gasteiger partial charge on any atom is -0.368 e. The van der Waals surface area contributed by atoms with Gasteiger partial charge in [-0.25, -0.2) is 9.67 Å². The van der Waals surface area contributed by atoms with Crippen molar-refractivity contribution >= 4 is 34.1 Å². The Labute approximate surface area is 144 Å². The topological polar surface area (TPSA) is 139 Å². The number of fused-ring (bicyclic) bond motifs is 1. The Hall–Kier alpha value is -3.47. The van der Waals surface area contributed by atoms with Gasteiger partial charge in [0.15, 0.2) is 11.2 Å². The van der Waals surface area contributed by atoms with Crippen LogP contribution >= 0.6 is 11.3 Å². The monoisotopic (exact) mass is 354 g/mol. The number of nitrogens with two attached hydrogens (primary N) is 1. The number of hydrogen-bond acceptors (Lipinski definition) is 9. The molecule has 4 rings (SSSR count). The first-order valence-electron chi connectivity index (χ1n) is 7.11. The molecule has 2 N–H and O–H groups in total. The first-order chi connectivity index (χ1) is 12.1. The van der Waals surface area contributed by atoms with Crippen LogP contribution in [0.15, 0.2) is 36.0 Å². The van der Waals surface area contributed by atoms with E-state index in [1.807, 2.05) is 0 Å². The third-order valence-corrected chi connectivity index (χ3v) is 4.28. The van der Waals surface area contributed by atoms with Gasteiger partial charge in [-0.1, -0.05) is 17.3 Å². The van der Waals surface area contributed by atoms with Crippen molar-refractivity contribution in [3.63, 3.8) is 0 Å². The fourth-order valence-electron chi connectivity index (χ4n) is 2.43. The highest BCUT2D eigenvalue weighted by atomic mass is 32.1. The summed E-state index contributed by atoms with van der Waals surface area (Å²) < 4.78 is 1.54. The number of nitrogens with zero attached hydrogens (tertiary/aromatic N) is 7. The van der Waals surface area contributed by atoms with Crippen molar-refractivity contribution in [2.24, 2.45) is 0 Å². The van der Waals surface area contributed by atoms with Crippen LogP contribution in [0.5, 0.6) is 0 Å². The maximum absolute atomic E-state index is 10.9. The van der Waals surface area contributed by atoms with Crippen LogP contribution in [0.1, 0.15) is 5.56 Å². The van der Waals surface area contributed by atoms with E-state index in [2.05, 4.69) is 25.3 Å². The molecule has 0 saturated heterocycles. The van der Waals surface area contributed by atoms with Crippen LogP contribution in [-0.4, -0.2) is 34.9 Å². The van der Waals surface area contributed by atoms with E-state index in [1.165, 1.54) is 28.2 Å². The Morgan fingerprint density at radius 1 is 1.32 bits per heavy atom. The smallest absolute Gasteiger partial charge is 0.269 e. The number of benzene rings is 1. The number of anilines is 1. The summed E-state index contributed by atoms with van der Waals surface area (Å²) in [5.41, 5.74) is 9.76. The highest BCUT2D eigenvalue weighted by Crippen LogP contribution is 2.28. The predicted octanol–water partition coefficient (Wildman–Crippen LogP) is 1.88. The Bertz CT molecular complexity index is 1080. The molecular formula is C14H10N8O2S. The third-order valence-electron chi connectivity index (χ3n) is 3.50. The molecular weight excluding hydrogens is 344 g/mol. The standard InChI is InChI=1S/C14H10N8O2S/c15-14-17-11(10-5-16-7-25-10)12-13(18-14)21(20-19-12)6-8-2-1-3-9(4-8)22(23)24/h1-5,7H,6H2,(H2,15,17,18). The molecule has 0 spiro atoms. The molecule has 3 aromatic heterocycles. The second kappa shape index (κ2) is 5.87. The summed E-state index contributed by atoms with van der Waals surface area (Å²) in [6, 6.07) is 6.32. The lowest BCUT2D eigenvalue weighted by molar-refractivity contribution is -0.384. The molecule has 0 radical (unpaired) electrons. The second-order valence-corrected chi connectivity index (χ2v) is 6.03. The third kappa shape index (κ3) is 2.76. The molecule has 4 aromatic rings. The van der Waals surface area contributed by atoms with Gasteiger partial charge in [-0.15, -0.1) is 16.4 Å². The second-order valence-electron chi connectivity index (χ2n) is 5.14. The molecule has 0 unspecified atom stereocenters. The minimum atomic E-state index is -0.439. The number of hydrogen-bond donors (Lipinski definition) is 1. The Morgan fingerprint density at radius 3 is 2.96 bits per heavy atom. The maximum Gasteiger partial charge on any atom is 0.269 e. The van der Waals surface area contributed by atoms with E-state index in [0.717, 1.165) is 4.88 Å². The average Bonchev–Trinajstić information content (AvgIpc) is 3.25. The lowest BCUT2D eigenvalue weighted by atomic mass is 10.2. The Kier molecular flexibility index (Phi) is 3.54. The molecule has 0 saturated carbocycles. The fraction of sp³-hybridized carbons (Fsp3) is 0.0714. The van der Waals surface area contributed by atoms with Crippen molar-refractivity contribution in [3.05, 3.63) is 51.7 Å². The van der Waals surface area contributed by atoms with Crippen molar-refractivity contribution in [1.82, 2.24) is 29.9 Å². The molecule has 0 fully saturated rings. The van der Waals surface area contributed by atoms with E-state index in [1.54, 1.807) is 23.8 Å². The molecule has 25 heavy (non-hydrogen) atoms. The van der Waals surface area contributed by atoms with Crippen LogP contribution in [0.25, 0.3) is 21.7 Å². The molecule has 1 aromatic carbocycles. The van der Waals surface area contributed by atoms with E-state index >= 15 is 0 Å². The van der Waals surface area contributed by atoms with Gasteiger partial charge in [0.1, 0.15) is 5.69 Å². The molecule has 0 aliphatic carbocycles. The van der Waals surface area contributed by atoms with Crippen molar-refractivity contribution < 1.29 is 4.92 Å². The van der Waals surface area contributed by atoms with Gasteiger partial charge in [0.05, 0.1) is 21.9 Å². The van der Waals surface area contributed by atoms with Crippen LogP contribution in [0.3, 0.4) is 0 Å². The van der Waals surface area contributed by atoms with Gasteiger partial charge < -0.3 is 5.73 Å².